The molecule has 0 aromatic carbocycles. The highest BCUT2D eigenvalue weighted by Crippen LogP contribution is 2.32. The first kappa shape index (κ1) is 12.2. The number of hydrogen-bond donors (Lipinski definition) is 0. The van der Waals surface area contributed by atoms with Gasteiger partial charge in [-0.2, -0.15) is 0 Å². The van der Waals surface area contributed by atoms with Gasteiger partial charge in [-0.25, -0.2) is 0 Å². The van der Waals surface area contributed by atoms with Crippen LogP contribution in [0, 0.1) is 11.8 Å². The molecule has 60 valence electrons. The molecule has 1 fully saturated rings. The summed E-state index contributed by atoms with van der Waals surface area (Å²) in [6, 6.07) is 0. The van der Waals surface area contributed by atoms with E-state index in [9.17, 15) is 0 Å². The van der Waals surface area contributed by atoms with Crippen molar-refractivity contribution in [1.82, 2.24) is 0 Å². The van der Waals surface area contributed by atoms with Crippen LogP contribution in [0.3, 0.4) is 0 Å². The summed E-state index contributed by atoms with van der Waals surface area (Å²) < 4.78 is 0. The molecule has 2 unspecified atom stereocenters. The smallest absolute Gasteiger partial charge is 0.0417 e. The van der Waals surface area contributed by atoms with E-state index < -0.39 is 0 Å². The summed E-state index contributed by atoms with van der Waals surface area (Å²) in [4.78, 5) is 0. The van der Waals surface area contributed by atoms with Crippen LogP contribution in [0.2, 0.25) is 0 Å². The second-order valence-corrected chi connectivity index (χ2v) is 2.53. The highest BCUT2D eigenvalue weighted by Gasteiger charge is 2.20. The largest absolute Gasteiger partial charge is 0.106 e. The maximum atomic E-state index is 3.00. The first-order chi connectivity index (χ1) is 4.80. The van der Waals surface area contributed by atoms with Crippen LogP contribution in [0.15, 0.2) is 26.3 Å². The van der Waals surface area contributed by atoms with Crippen molar-refractivity contribution >= 4 is 0 Å². The molecule has 0 aromatic rings. The average molecular weight is 140 g/mol. The first-order valence-electron chi connectivity index (χ1n) is 3.80. The second-order valence-electron chi connectivity index (χ2n) is 2.53. The third-order valence-corrected chi connectivity index (χ3v) is 2.05. The number of hydrogen-bond acceptors (Lipinski definition) is 0. The van der Waals surface area contributed by atoms with Crippen LogP contribution in [-0.4, -0.2) is 0 Å². The number of rotatable bonds is 0. The Morgan fingerprint density at radius 1 is 0.800 bits per heavy atom. The Morgan fingerprint density at radius 3 is 1.00 bits per heavy atom. The lowest BCUT2D eigenvalue weighted by Gasteiger charge is -2.29. The van der Waals surface area contributed by atoms with Gasteiger partial charge in [0, 0.05) is 0 Å². The van der Waals surface area contributed by atoms with Gasteiger partial charge in [-0.3, -0.25) is 0 Å². The van der Waals surface area contributed by atoms with Gasteiger partial charge < -0.3 is 0 Å². The van der Waals surface area contributed by atoms with Crippen LogP contribution < -0.4 is 0 Å². The maximum Gasteiger partial charge on any atom is -0.0417 e. The fraction of sp³-hybridized carbons (Fsp3) is 0.600. The van der Waals surface area contributed by atoms with E-state index in [-0.39, 0.29) is 0 Å². The molecule has 0 aliphatic heterocycles. The molecular formula is C10H20. The quantitative estimate of drug-likeness (QED) is 0.450. The molecule has 0 nitrogen and oxygen atoms in total. The Labute approximate surface area is 65.7 Å². The Hall–Kier alpha value is -0.520. The van der Waals surface area contributed by atoms with Gasteiger partial charge in [0.25, 0.3) is 0 Å². The van der Waals surface area contributed by atoms with Crippen LogP contribution in [-0.2, 0) is 0 Å². The summed E-state index contributed by atoms with van der Waals surface area (Å²) in [5, 5.41) is 0. The van der Waals surface area contributed by atoms with Gasteiger partial charge in [-0.15, -0.1) is 26.3 Å². The van der Waals surface area contributed by atoms with E-state index in [2.05, 4.69) is 40.2 Å². The van der Waals surface area contributed by atoms with Gasteiger partial charge >= 0.3 is 0 Å². The zero-order chi connectivity index (χ0) is 8.57. The minimum Gasteiger partial charge on any atom is -0.106 e. The van der Waals surface area contributed by atoms with E-state index in [0.29, 0.717) is 0 Å². The standard InChI is InChI=1S/C6H12.2C2H4/c1-5-3-4-6(5)2;2*1-2/h5-6H,3-4H2,1-2H3;2*1-2H2. The second kappa shape index (κ2) is 8.48. The summed E-state index contributed by atoms with van der Waals surface area (Å²) >= 11 is 0. The minimum atomic E-state index is 1.03. The lowest BCUT2D eigenvalue weighted by atomic mass is 9.77. The van der Waals surface area contributed by atoms with E-state index in [1.54, 1.807) is 0 Å². The Kier molecular flexibility index (Phi) is 10.3. The van der Waals surface area contributed by atoms with Crippen molar-refractivity contribution in [2.45, 2.75) is 26.7 Å². The first-order valence-corrected chi connectivity index (χ1v) is 3.80. The van der Waals surface area contributed by atoms with Crippen LogP contribution in [0.4, 0.5) is 0 Å². The summed E-state index contributed by atoms with van der Waals surface area (Å²) in [6.45, 7) is 16.7. The summed E-state index contributed by atoms with van der Waals surface area (Å²) in [5.74, 6) is 2.06. The third-order valence-electron chi connectivity index (χ3n) is 2.05. The van der Waals surface area contributed by atoms with Gasteiger partial charge in [0.2, 0.25) is 0 Å². The minimum absolute atomic E-state index is 1.03. The molecule has 0 heterocycles. The molecule has 0 N–H and O–H groups in total. The molecule has 1 aliphatic rings. The van der Waals surface area contributed by atoms with Gasteiger partial charge in [-0.1, -0.05) is 26.7 Å². The maximum absolute atomic E-state index is 3.00. The summed E-state index contributed by atoms with van der Waals surface area (Å²) in [5.41, 5.74) is 0. The normalized spacial score (nSPS) is 27.8. The summed E-state index contributed by atoms with van der Waals surface area (Å²) in [7, 11) is 0. The molecule has 0 amide bonds. The highest BCUT2D eigenvalue weighted by atomic mass is 14.3. The Bertz CT molecular complexity index is 56.4. The average Bonchev–Trinajstić information content (AvgIpc) is 2.08. The van der Waals surface area contributed by atoms with Crippen LogP contribution in [0.1, 0.15) is 26.7 Å². The lowest BCUT2D eigenvalue weighted by Crippen LogP contribution is -2.18. The molecule has 1 saturated carbocycles. The van der Waals surface area contributed by atoms with Crippen LogP contribution in [0.5, 0.6) is 0 Å². The van der Waals surface area contributed by atoms with Gasteiger partial charge in [0.05, 0.1) is 0 Å². The molecule has 0 heteroatoms. The Morgan fingerprint density at radius 2 is 1.00 bits per heavy atom. The molecule has 0 saturated heterocycles. The molecule has 2 atom stereocenters. The van der Waals surface area contributed by atoms with E-state index >= 15 is 0 Å². The van der Waals surface area contributed by atoms with E-state index in [0.717, 1.165) is 11.8 Å². The van der Waals surface area contributed by atoms with Crippen molar-refractivity contribution in [2.24, 2.45) is 11.8 Å². The van der Waals surface area contributed by atoms with Crippen molar-refractivity contribution in [3.8, 4) is 0 Å². The highest BCUT2D eigenvalue weighted by molar-refractivity contribution is 4.71. The molecule has 0 bridgehead atoms. The van der Waals surface area contributed by atoms with Crippen molar-refractivity contribution in [3.63, 3.8) is 0 Å². The zero-order valence-corrected chi connectivity index (χ0v) is 7.40. The van der Waals surface area contributed by atoms with Gasteiger partial charge in [0.15, 0.2) is 0 Å². The van der Waals surface area contributed by atoms with Crippen LogP contribution >= 0.6 is 0 Å². The van der Waals surface area contributed by atoms with Crippen molar-refractivity contribution < 1.29 is 0 Å². The predicted octanol–water partition coefficient (Wildman–Crippen LogP) is 3.66. The van der Waals surface area contributed by atoms with Gasteiger partial charge in [0.1, 0.15) is 0 Å². The van der Waals surface area contributed by atoms with Crippen molar-refractivity contribution in [1.29, 1.82) is 0 Å². The third kappa shape index (κ3) is 4.37. The van der Waals surface area contributed by atoms with E-state index in [1.807, 2.05) is 0 Å². The fourth-order valence-corrected chi connectivity index (χ4v) is 0.833. The molecular weight excluding hydrogens is 120 g/mol. The van der Waals surface area contributed by atoms with Crippen LogP contribution in [0.25, 0.3) is 0 Å². The molecule has 1 aliphatic carbocycles. The van der Waals surface area contributed by atoms with Crippen molar-refractivity contribution in [2.75, 3.05) is 0 Å². The summed E-state index contributed by atoms with van der Waals surface area (Å²) in [6.07, 6.45) is 2.95. The lowest BCUT2D eigenvalue weighted by molar-refractivity contribution is 0.219. The molecule has 10 heavy (non-hydrogen) atoms. The van der Waals surface area contributed by atoms with Crippen molar-refractivity contribution in [3.05, 3.63) is 26.3 Å². The predicted molar refractivity (Wildman–Crippen MR) is 50.1 cm³/mol. The van der Waals surface area contributed by atoms with E-state index in [1.165, 1.54) is 12.8 Å². The SMILES string of the molecule is C=C.C=C.CC1CCC1C. The topological polar surface area (TPSA) is 0 Å². The van der Waals surface area contributed by atoms with Gasteiger partial charge in [-0.05, 0) is 11.8 Å². The Balaban J connectivity index is 0. The molecule has 1 rings (SSSR count). The molecule has 0 spiro atoms. The molecule has 0 radical (unpaired) electrons. The monoisotopic (exact) mass is 140 g/mol. The zero-order valence-electron chi connectivity index (χ0n) is 7.40. The van der Waals surface area contributed by atoms with E-state index in [4.69, 9.17) is 0 Å². The molecule has 0 aromatic heterocycles. The fourth-order valence-electron chi connectivity index (χ4n) is 0.833.